The number of rotatable bonds is 4. The largest absolute Gasteiger partial charge is 0.422 e. The second kappa shape index (κ2) is 4.00. The maximum atomic E-state index is 5.00. The highest BCUT2D eigenvalue weighted by atomic mass is 28.2. The van der Waals surface area contributed by atoms with Gasteiger partial charge in [-0.25, -0.2) is 0 Å². The summed E-state index contributed by atoms with van der Waals surface area (Å²) in [6, 6.07) is 0. The number of methoxy groups -OCH3 is 2. The molecule has 0 heterocycles. The molecule has 56 valence electrons. The lowest BCUT2D eigenvalue weighted by molar-refractivity contribution is -0.208. The van der Waals surface area contributed by atoms with Crippen LogP contribution in [-0.2, 0) is 13.9 Å². The fraction of sp³-hybridized carbons (Fsp3) is 1.00. The minimum absolute atomic E-state index is 0.506. The van der Waals surface area contributed by atoms with Gasteiger partial charge >= 0.3 is 0 Å². The smallest absolute Gasteiger partial charge is 0.186 e. The summed E-state index contributed by atoms with van der Waals surface area (Å²) >= 11 is 0. The van der Waals surface area contributed by atoms with E-state index in [0.29, 0.717) is 6.61 Å². The first kappa shape index (κ1) is 9.10. The van der Waals surface area contributed by atoms with Crippen molar-refractivity contribution in [3.05, 3.63) is 0 Å². The van der Waals surface area contributed by atoms with Crippen LogP contribution >= 0.6 is 0 Å². The molecule has 0 atom stereocenters. The maximum absolute atomic E-state index is 5.00. The fourth-order valence-electron chi connectivity index (χ4n) is 0.463. The lowest BCUT2D eigenvalue weighted by atomic mass is 10.3. The topological polar surface area (TPSA) is 27.7 Å². The van der Waals surface area contributed by atoms with Crippen LogP contribution in [0.3, 0.4) is 0 Å². The molecule has 0 spiro atoms. The molecule has 0 bridgehead atoms. The summed E-state index contributed by atoms with van der Waals surface area (Å²) in [6.07, 6.45) is 0. The van der Waals surface area contributed by atoms with E-state index < -0.39 is 5.79 Å². The summed E-state index contributed by atoms with van der Waals surface area (Å²) in [5, 5.41) is 0. The van der Waals surface area contributed by atoms with Crippen LogP contribution in [0.15, 0.2) is 0 Å². The van der Waals surface area contributed by atoms with E-state index >= 15 is 0 Å². The molecule has 9 heavy (non-hydrogen) atoms. The van der Waals surface area contributed by atoms with Gasteiger partial charge in [-0.3, -0.25) is 0 Å². The molecule has 0 aromatic carbocycles. The van der Waals surface area contributed by atoms with Gasteiger partial charge in [0.2, 0.25) is 0 Å². The van der Waals surface area contributed by atoms with Crippen molar-refractivity contribution in [2.75, 3.05) is 20.8 Å². The highest BCUT2D eigenvalue weighted by Crippen LogP contribution is 2.08. The standard InChI is InChI=1S/C5H14O3Si/c1-5(6-2,7-3)4-8-9/h4H2,1-3,9H3. The fourth-order valence-corrected chi connectivity index (χ4v) is 0.988. The van der Waals surface area contributed by atoms with E-state index in [1.807, 2.05) is 6.92 Å². The molecule has 0 fully saturated rings. The highest BCUT2D eigenvalue weighted by Gasteiger charge is 2.21. The Labute approximate surface area is 58.8 Å². The summed E-state index contributed by atoms with van der Waals surface area (Å²) in [4.78, 5) is 0. The van der Waals surface area contributed by atoms with Gasteiger partial charge in [0.15, 0.2) is 5.79 Å². The highest BCUT2D eigenvalue weighted by molar-refractivity contribution is 5.97. The number of ether oxygens (including phenoxy) is 2. The Morgan fingerprint density at radius 2 is 1.78 bits per heavy atom. The van der Waals surface area contributed by atoms with Crippen LogP contribution in [0.4, 0.5) is 0 Å². The van der Waals surface area contributed by atoms with Crippen LogP contribution in [0.1, 0.15) is 6.92 Å². The van der Waals surface area contributed by atoms with E-state index in [4.69, 9.17) is 13.9 Å². The zero-order valence-electron chi connectivity index (χ0n) is 6.43. The Balaban J connectivity index is 3.62. The molecule has 0 rings (SSSR count). The molecule has 0 N–H and O–H groups in total. The van der Waals surface area contributed by atoms with Crippen molar-refractivity contribution in [3.63, 3.8) is 0 Å². The summed E-state index contributed by atoms with van der Waals surface area (Å²) < 4.78 is 15.0. The van der Waals surface area contributed by atoms with Gasteiger partial charge in [-0.1, -0.05) is 0 Å². The third kappa shape index (κ3) is 2.95. The molecule has 0 aromatic heterocycles. The first-order chi connectivity index (χ1) is 4.18. The maximum Gasteiger partial charge on any atom is 0.186 e. The molecule has 0 aliphatic rings. The third-order valence-electron chi connectivity index (χ3n) is 1.27. The lowest BCUT2D eigenvalue weighted by Crippen LogP contribution is -2.34. The van der Waals surface area contributed by atoms with Gasteiger partial charge in [-0.05, 0) is 6.92 Å². The van der Waals surface area contributed by atoms with E-state index in [2.05, 4.69) is 0 Å². The predicted octanol–water partition coefficient (Wildman–Crippen LogP) is -0.708. The Morgan fingerprint density at radius 1 is 1.33 bits per heavy atom. The number of hydrogen-bond donors (Lipinski definition) is 0. The minimum Gasteiger partial charge on any atom is -0.422 e. The van der Waals surface area contributed by atoms with Crippen molar-refractivity contribution in [1.29, 1.82) is 0 Å². The Hall–Kier alpha value is 0.0969. The van der Waals surface area contributed by atoms with Crippen molar-refractivity contribution in [2.24, 2.45) is 0 Å². The van der Waals surface area contributed by atoms with Gasteiger partial charge in [-0.15, -0.1) is 0 Å². The Bertz CT molecular complexity index is 72.6. The van der Waals surface area contributed by atoms with Crippen LogP contribution in [-0.4, -0.2) is 37.1 Å². The average Bonchev–Trinajstić information content (AvgIpc) is 1.89. The van der Waals surface area contributed by atoms with Crippen LogP contribution in [0, 0.1) is 0 Å². The third-order valence-corrected chi connectivity index (χ3v) is 1.56. The van der Waals surface area contributed by atoms with E-state index in [1.54, 1.807) is 14.2 Å². The minimum atomic E-state index is -0.554. The van der Waals surface area contributed by atoms with Crippen LogP contribution in [0.5, 0.6) is 0 Å². The second-order valence-electron chi connectivity index (χ2n) is 1.98. The van der Waals surface area contributed by atoms with Gasteiger partial charge in [-0.2, -0.15) is 0 Å². The zero-order chi connectivity index (χ0) is 7.33. The van der Waals surface area contributed by atoms with E-state index in [1.165, 1.54) is 0 Å². The summed E-state index contributed by atoms with van der Waals surface area (Å²) in [6.45, 7) is 2.34. The van der Waals surface area contributed by atoms with Crippen molar-refractivity contribution >= 4 is 10.5 Å². The molecular formula is C5H14O3Si. The van der Waals surface area contributed by atoms with Crippen LogP contribution < -0.4 is 0 Å². The molecule has 0 unspecified atom stereocenters. The molecule has 4 heteroatoms. The van der Waals surface area contributed by atoms with Gasteiger partial charge in [0, 0.05) is 14.2 Å². The summed E-state index contributed by atoms with van der Waals surface area (Å²) in [7, 11) is 3.92. The quantitative estimate of drug-likeness (QED) is 0.391. The lowest BCUT2D eigenvalue weighted by Gasteiger charge is -2.25. The predicted molar refractivity (Wildman–Crippen MR) is 38.3 cm³/mol. The van der Waals surface area contributed by atoms with Gasteiger partial charge in [0.25, 0.3) is 0 Å². The molecule has 0 aliphatic heterocycles. The summed E-state index contributed by atoms with van der Waals surface area (Å²) in [5.41, 5.74) is 0. The molecule has 0 aliphatic carbocycles. The van der Waals surface area contributed by atoms with Crippen molar-refractivity contribution in [2.45, 2.75) is 12.7 Å². The monoisotopic (exact) mass is 150 g/mol. The van der Waals surface area contributed by atoms with Crippen LogP contribution in [0.2, 0.25) is 0 Å². The molecule has 0 amide bonds. The Morgan fingerprint density at radius 3 is 1.89 bits per heavy atom. The summed E-state index contributed by atoms with van der Waals surface area (Å²) in [5.74, 6) is -0.554. The zero-order valence-corrected chi connectivity index (χ0v) is 8.43. The van der Waals surface area contributed by atoms with Gasteiger partial charge in [0.1, 0.15) is 10.5 Å². The first-order valence-corrected chi connectivity index (χ1v) is 3.59. The SMILES string of the molecule is COC(C)(CO[SiH3])OC. The van der Waals surface area contributed by atoms with E-state index in [9.17, 15) is 0 Å². The van der Waals surface area contributed by atoms with Crippen molar-refractivity contribution < 1.29 is 13.9 Å². The van der Waals surface area contributed by atoms with Crippen molar-refractivity contribution in [1.82, 2.24) is 0 Å². The number of hydrogen-bond acceptors (Lipinski definition) is 3. The van der Waals surface area contributed by atoms with Crippen LogP contribution in [0.25, 0.3) is 0 Å². The average molecular weight is 150 g/mol. The normalized spacial score (nSPS) is 12.3. The molecule has 0 aromatic rings. The molecular weight excluding hydrogens is 136 g/mol. The van der Waals surface area contributed by atoms with E-state index in [-0.39, 0.29) is 0 Å². The van der Waals surface area contributed by atoms with E-state index in [0.717, 1.165) is 10.5 Å². The second-order valence-corrected chi connectivity index (χ2v) is 2.55. The molecule has 3 nitrogen and oxygen atoms in total. The van der Waals surface area contributed by atoms with Crippen molar-refractivity contribution in [3.8, 4) is 0 Å². The Kier molecular flexibility index (Phi) is 4.04. The van der Waals surface area contributed by atoms with Gasteiger partial charge in [0.05, 0.1) is 6.61 Å². The molecule has 0 saturated carbocycles. The molecule has 0 saturated heterocycles. The molecule has 0 radical (unpaired) electrons. The first-order valence-electron chi connectivity index (χ1n) is 2.78. The van der Waals surface area contributed by atoms with Gasteiger partial charge < -0.3 is 13.9 Å².